The fourth-order valence-corrected chi connectivity index (χ4v) is 4.48. The number of halogens is 2. The lowest BCUT2D eigenvalue weighted by Crippen LogP contribution is -2.35. The molecule has 0 spiro atoms. The molecule has 1 aliphatic heterocycles. The molecule has 0 amide bonds. The maximum atomic E-state index is 5.38. The minimum absolute atomic E-state index is 0.0112. The summed E-state index contributed by atoms with van der Waals surface area (Å²) in [5.41, 5.74) is 0.905. The Balaban J connectivity index is 1.86. The van der Waals surface area contributed by atoms with Crippen LogP contribution in [-0.4, -0.2) is 29.9 Å². The molecule has 1 atom stereocenters. The van der Waals surface area contributed by atoms with Gasteiger partial charge in [0.2, 0.25) is 0 Å². The van der Waals surface area contributed by atoms with Crippen LogP contribution in [0.1, 0.15) is 11.9 Å². The SMILES string of the molecule is Brc1cc(-c2nc(C3COCCN3)no2)c(Br)s1. The van der Waals surface area contributed by atoms with Gasteiger partial charge in [-0.25, -0.2) is 0 Å². The molecule has 5 nitrogen and oxygen atoms in total. The van der Waals surface area contributed by atoms with Crippen LogP contribution in [0.3, 0.4) is 0 Å². The highest BCUT2D eigenvalue weighted by atomic mass is 79.9. The van der Waals surface area contributed by atoms with Gasteiger partial charge < -0.3 is 14.6 Å². The van der Waals surface area contributed by atoms with E-state index in [9.17, 15) is 0 Å². The van der Waals surface area contributed by atoms with Crippen LogP contribution in [0.2, 0.25) is 0 Å². The molecule has 0 aliphatic carbocycles. The minimum Gasteiger partial charge on any atom is -0.378 e. The number of nitrogens with zero attached hydrogens (tertiary/aromatic N) is 2. The van der Waals surface area contributed by atoms with Crippen LogP contribution in [0.15, 0.2) is 18.2 Å². The number of morpholine rings is 1. The normalized spacial score (nSPS) is 20.2. The van der Waals surface area contributed by atoms with Crippen molar-refractivity contribution in [2.45, 2.75) is 6.04 Å². The van der Waals surface area contributed by atoms with E-state index in [1.165, 1.54) is 0 Å². The highest BCUT2D eigenvalue weighted by Gasteiger charge is 2.22. The first-order valence-corrected chi connectivity index (χ1v) is 7.74. The topological polar surface area (TPSA) is 60.2 Å². The molecule has 1 saturated heterocycles. The Morgan fingerprint density at radius 2 is 2.33 bits per heavy atom. The molecule has 2 aromatic rings. The molecule has 0 aromatic carbocycles. The van der Waals surface area contributed by atoms with Crippen molar-refractivity contribution in [3.8, 4) is 11.5 Å². The van der Waals surface area contributed by atoms with E-state index in [-0.39, 0.29) is 6.04 Å². The lowest BCUT2D eigenvalue weighted by molar-refractivity contribution is 0.0734. The highest BCUT2D eigenvalue weighted by Crippen LogP contribution is 2.38. The van der Waals surface area contributed by atoms with Crippen LogP contribution in [0, 0.1) is 0 Å². The molecule has 18 heavy (non-hydrogen) atoms. The van der Waals surface area contributed by atoms with Crippen molar-refractivity contribution in [1.82, 2.24) is 15.5 Å². The molecule has 3 heterocycles. The van der Waals surface area contributed by atoms with E-state index in [1.54, 1.807) is 11.3 Å². The standard InChI is InChI=1S/C10H9Br2N3O2S/c11-7-3-5(8(12)18-7)10-14-9(15-17-10)6-4-16-2-1-13-6/h3,6,13H,1-2,4H2. The predicted octanol–water partition coefficient (Wildman–Crippen LogP) is 2.98. The van der Waals surface area contributed by atoms with Crippen molar-refractivity contribution >= 4 is 43.2 Å². The van der Waals surface area contributed by atoms with Gasteiger partial charge in [0.05, 0.1) is 32.4 Å². The van der Waals surface area contributed by atoms with Gasteiger partial charge in [0.25, 0.3) is 5.89 Å². The molecule has 1 unspecified atom stereocenters. The molecule has 1 fully saturated rings. The van der Waals surface area contributed by atoms with E-state index in [0.29, 0.717) is 18.3 Å². The molecule has 96 valence electrons. The number of hydrogen-bond donors (Lipinski definition) is 1. The zero-order chi connectivity index (χ0) is 12.5. The van der Waals surface area contributed by atoms with E-state index in [1.807, 2.05) is 6.07 Å². The van der Waals surface area contributed by atoms with Crippen LogP contribution in [0.5, 0.6) is 0 Å². The second kappa shape index (κ2) is 5.38. The third-order valence-corrected chi connectivity index (χ3v) is 4.90. The van der Waals surface area contributed by atoms with Crippen LogP contribution >= 0.6 is 43.2 Å². The summed E-state index contributed by atoms with van der Waals surface area (Å²) in [7, 11) is 0. The fraction of sp³-hybridized carbons (Fsp3) is 0.400. The van der Waals surface area contributed by atoms with E-state index >= 15 is 0 Å². The van der Waals surface area contributed by atoms with Crippen molar-refractivity contribution in [2.75, 3.05) is 19.8 Å². The van der Waals surface area contributed by atoms with Crippen LogP contribution in [0.4, 0.5) is 0 Å². The molecule has 0 bridgehead atoms. The summed E-state index contributed by atoms with van der Waals surface area (Å²) in [5.74, 6) is 1.16. The Bertz CT molecular complexity index is 551. The molecule has 1 aliphatic rings. The third kappa shape index (κ3) is 2.53. The molecule has 0 saturated carbocycles. The van der Waals surface area contributed by atoms with Gasteiger partial charge in [-0.15, -0.1) is 11.3 Å². The summed E-state index contributed by atoms with van der Waals surface area (Å²) in [6.45, 7) is 2.11. The number of nitrogens with one attached hydrogen (secondary N) is 1. The van der Waals surface area contributed by atoms with Crippen molar-refractivity contribution in [1.29, 1.82) is 0 Å². The van der Waals surface area contributed by atoms with Gasteiger partial charge >= 0.3 is 0 Å². The van der Waals surface area contributed by atoms with Gasteiger partial charge in [-0.05, 0) is 37.9 Å². The van der Waals surface area contributed by atoms with Gasteiger partial charge in [-0.2, -0.15) is 4.98 Å². The van der Waals surface area contributed by atoms with Crippen LogP contribution in [-0.2, 0) is 4.74 Å². The van der Waals surface area contributed by atoms with Crippen molar-refractivity contribution in [2.24, 2.45) is 0 Å². The molecular weight excluding hydrogens is 386 g/mol. The quantitative estimate of drug-likeness (QED) is 0.848. The average molecular weight is 395 g/mol. The zero-order valence-electron chi connectivity index (χ0n) is 9.15. The highest BCUT2D eigenvalue weighted by molar-refractivity contribution is 9.12. The lowest BCUT2D eigenvalue weighted by atomic mass is 10.2. The van der Waals surface area contributed by atoms with Crippen molar-refractivity contribution < 1.29 is 9.26 Å². The summed E-state index contributed by atoms with van der Waals surface area (Å²) in [5, 5.41) is 7.30. The van der Waals surface area contributed by atoms with E-state index < -0.39 is 0 Å². The van der Waals surface area contributed by atoms with Gasteiger partial charge in [0, 0.05) is 6.54 Å². The minimum atomic E-state index is 0.0112. The smallest absolute Gasteiger partial charge is 0.260 e. The van der Waals surface area contributed by atoms with E-state index in [2.05, 4.69) is 47.3 Å². The number of thiophene rings is 1. The summed E-state index contributed by atoms with van der Waals surface area (Å²) in [6.07, 6.45) is 0. The lowest BCUT2D eigenvalue weighted by Gasteiger charge is -2.20. The summed E-state index contributed by atoms with van der Waals surface area (Å²) in [4.78, 5) is 4.41. The second-order valence-corrected chi connectivity index (χ2v) is 7.53. The maximum Gasteiger partial charge on any atom is 0.260 e. The first-order valence-electron chi connectivity index (χ1n) is 5.34. The molecular formula is C10H9Br2N3O2S. The molecule has 1 N–H and O–H groups in total. The average Bonchev–Trinajstić information content (AvgIpc) is 2.97. The molecule has 0 radical (unpaired) electrons. The van der Waals surface area contributed by atoms with Gasteiger partial charge in [-0.1, -0.05) is 5.16 Å². The Hall–Kier alpha value is -0.280. The van der Waals surface area contributed by atoms with E-state index in [0.717, 1.165) is 26.3 Å². The second-order valence-electron chi connectivity index (χ2n) is 3.78. The van der Waals surface area contributed by atoms with Crippen LogP contribution in [0.25, 0.3) is 11.5 Å². The van der Waals surface area contributed by atoms with Gasteiger partial charge in [0.1, 0.15) is 0 Å². The third-order valence-electron chi connectivity index (χ3n) is 2.56. The van der Waals surface area contributed by atoms with Gasteiger partial charge in [0.15, 0.2) is 5.82 Å². The van der Waals surface area contributed by atoms with Gasteiger partial charge in [-0.3, -0.25) is 0 Å². The zero-order valence-corrected chi connectivity index (χ0v) is 13.1. The predicted molar refractivity (Wildman–Crippen MR) is 74.6 cm³/mol. The summed E-state index contributed by atoms with van der Waals surface area (Å²) < 4.78 is 12.7. The Morgan fingerprint density at radius 1 is 1.44 bits per heavy atom. The summed E-state index contributed by atoms with van der Waals surface area (Å²) >= 11 is 8.48. The monoisotopic (exact) mass is 393 g/mol. The number of ether oxygens (including phenoxy) is 1. The van der Waals surface area contributed by atoms with E-state index in [4.69, 9.17) is 9.26 Å². The maximum absolute atomic E-state index is 5.38. The fourth-order valence-electron chi connectivity index (χ4n) is 1.70. The Morgan fingerprint density at radius 3 is 3.00 bits per heavy atom. The largest absolute Gasteiger partial charge is 0.378 e. The summed E-state index contributed by atoms with van der Waals surface area (Å²) in [6, 6.07) is 1.97. The Kier molecular flexibility index (Phi) is 3.81. The molecule has 8 heteroatoms. The van der Waals surface area contributed by atoms with Crippen LogP contribution < -0.4 is 5.32 Å². The first-order chi connectivity index (χ1) is 8.74. The van der Waals surface area contributed by atoms with Crippen molar-refractivity contribution in [3.05, 3.63) is 19.5 Å². The number of aromatic nitrogens is 2. The number of hydrogen-bond acceptors (Lipinski definition) is 6. The van der Waals surface area contributed by atoms with Crippen molar-refractivity contribution in [3.63, 3.8) is 0 Å². The first kappa shape index (κ1) is 12.7. The number of rotatable bonds is 2. The molecule has 3 rings (SSSR count). The Labute approximate surface area is 124 Å². The molecule has 2 aromatic heterocycles.